The topological polar surface area (TPSA) is 103 Å². The Morgan fingerprint density at radius 2 is 1.65 bits per heavy atom. The van der Waals surface area contributed by atoms with E-state index in [2.05, 4.69) is 15.2 Å². The summed E-state index contributed by atoms with van der Waals surface area (Å²) >= 11 is 1.24. The highest BCUT2D eigenvalue weighted by Crippen LogP contribution is 2.29. The quantitative estimate of drug-likeness (QED) is 0.579. The van der Waals surface area contributed by atoms with Crippen LogP contribution < -0.4 is 5.32 Å². The van der Waals surface area contributed by atoms with Crippen molar-refractivity contribution in [3.63, 3.8) is 0 Å². The van der Waals surface area contributed by atoms with Crippen LogP contribution in [0.3, 0.4) is 0 Å². The lowest BCUT2D eigenvalue weighted by molar-refractivity contribution is -0.119. The molecule has 9 nitrogen and oxygen atoms in total. The molecule has 2 aliphatic rings. The number of fused-ring (bicyclic) bond motifs is 2. The van der Waals surface area contributed by atoms with Gasteiger partial charge in [-0.25, -0.2) is 4.98 Å². The van der Waals surface area contributed by atoms with Crippen LogP contribution >= 0.6 is 11.3 Å². The molecule has 174 valence electrons. The number of aromatic nitrogens is 1. The van der Waals surface area contributed by atoms with E-state index in [4.69, 9.17) is 0 Å². The molecule has 1 N–H and O–H groups in total. The van der Waals surface area contributed by atoms with Crippen LogP contribution in [-0.4, -0.2) is 82.6 Å². The van der Waals surface area contributed by atoms with E-state index in [0.29, 0.717) is 40.4 Å². The first kappa shape index (κ1) is 22.2. The van der Waals surface area contributed by atoms with Crippen molar-refractivity contribution >= 4 is 50.3 Å². The predicted octanol–water partition coefficient (Wildman–Crippen LogP) is 2.31. The fourth-order valence-corrected chi connectivity index (χ4v) is 5.10. The van der Waals surface area contributed by atoms with E-state index in [9.17, 15) is 19.2 Å². The number of nitrogens with zero attached hydrogens (tertiary/aromatic N) is 4. The summed E-state index contributed by atoms with van der Waals surface area (Å²) in [7, 11) is 2.04. The van der Waals surface area contributed by atoms with Gasteiger partial charge in [0.1, 0.15) is 6.04 Å². The smallest absolute Gasteiger partial charge is 0.262 e. The van der Waals surface area contributed by atoms with Gasteiger partial charge in [0.25, 0.3) is 17.7 Å². The maximum absolute atomic E-state index is 12.9. The number of imide groups is 1. The zero-order valence-corrected chi connectivity index (χ0v) is 19.6. The largest absolute Gasteiger partial charge is 0.336 e. The summed E-state index contributed by atoms with van der Waals surface area (Å²) in [5.74, 6) is -1.50. The minimum absolute atomic E-state index is 0.0202. The number of nitrogens with one attached hydrogen (secondary N) is 1. The molecule has 3 heterocycles. The van der Waals surface area contributed by atoms with Crippen molar-refractivity contribution in [2.45, 2.75) is 13.0 Å². The Balaban J connectivity index is 1.30. The molecular weight excluding hydrogens is 454 g/mol. The molecule has 0 spiro atoms. The van der Waals surface area contributed by atoms with E-state index in [0.717, 1.165) is 22.7 Å². The first-order chi connectivity index (χ1) is 16.3. The lowest BCUT2D eigenvalue weighted by Crippen LogP contribution is -2.47. The van der Waals surface area contributed by atoms with Crippen LogP contribution in [0.5, 0.6) is 0 Å². The summed E-state index contributed by atoms with van der Waals surface area (Å²) in [6.45, 7) is 4.57. The monoisotopic (exact) mass is 477 g/mol. The summed E-state index contributed by atoms with van der Waals surface area (Å²) in [4.78, 5) is 60.5. The Bertz CT molecular complexity index is 1290. The second-order valence-electron chi connectivity index (χ2n) is 8.49. The number of likely N-dealkylation sites (N-methyl/N-ethyl adjacent to an activating group) is 1. The third-order valence-corrected chi connectivity index (χ3v) is 7.18. The molecule has 4 amide bonds. The Kier molecular flexibility index (Phi) is 5.62. The van der Waals surface area contributed by atoms with Crippen LogP contribution in [0.1, 0.15) is 38.0 Å². The van der Waals surface area contributed by atoms with Gasteiger partial charge in [-0.15, -0.1) is 0 Å². The number of carbonyl (C=O) groups excluding carboxylic acids is 4. The summed E-state index contributed by atoms with van der Waals surface area (Å²) in [5.41, 5.74) is 1.83. The van der Waals surface area contributed by atoms with Gasteiger partial charge in [0, 0.05) is 31.7 Å². The highest BCUT2D eigenvalue weighted by molar-refractivity contribution is 7.22. The van der Waals surface area contributed by atoms with Crippen LogP contribution in [0, 0.1) is 0 Å². The Labute approximate surface area is 200 Å². The van der Waals surface area contributed by atoms with E-state index >= 15 is 0 Å². The van der Waals surface area contributed by atoms with Gasteiger partial charge >= 0.3 is 0 Å². The van der Waals surface area contributed by atoms with Gasteiger partial charge in [-0.2, -0.15) is 0 Å². The van der Waals surface area contributed by atoms with Crippen molar-refractivity contribution in [3.05, 3.63) is 59.2 Å². The van der Waals surface area contributed by atoms with Crippen molar-refractivity contribution in [2.75, 3.05) is 38.5 Å². The van der Waals surface area contributed by atoms with Crippen molar-refractivity contribution in [2.24, 2.45) is 0 Å². The molecular formula is C24H23N5O4S. The number of hydrogen-bond donors (Lipinski definition) is 1. The molecule has 0 radical (unpaired) electrons. The third-order valence-electron chi connectivity index (χ3n) is 6.25. The molecule has 1 aromatic heterocycles. The van der Waals surface area contributed by atoms with Gasteiger partial charge in [-0.1, -0.05) is 23.5 Å². The average molecular weight is 478 g/mol. The second kappa shape index (κ2) is 8.62. The highest BCUT2D eigenvalue weighted by Gasteiger charge is 2.40. The van der Waals surface area contributed by atoms with Crippen LogP contribution in [-0.2, 0) is 4.79 Å². The third kappa shape index (κ3) is 3.84. The number of benzene rings is 2. The van der Waals surface area contributed by atoms with Gasteiger partial charge in [-0.05, 0) is 44.3 Å². The molecule has 1 unspecified atom stereocenters. The summed E-state index contributed by atoms with van der Waals surface area (Å²) in [6.07, 6.45) is 0. The first-order valence-corrected chi connectivity index (χ1v) is 11.8. The molecule has 1 fully saturated rings. The molecule has 34 heavy (non-hydrogen) atoms. The number of rotatable bonds is 4. The zero-order chi connectivity index (χ0) is 24.0. The van der Waals surface area contributed by atoms with Gasteiger partial charge < -0.3 is 15.1 Å². The average Bonchev–Trinajstić information content (AvgIpc) is 3.36. The van der Waals surface area contributed by atoms with Crippen molar-refractivity contribution in [1.82, 2.24) is 19.7 Å². The van der Waals surface area contributed by atoms with E-state index in [1.54, 1.807) is 42.5 Å². The molecule has 0 bridgehead atoms. The predicted molar refractivity (Wildman–Crippen MR) is 128 cm³/mol. The fraction of sp³-hybridized carbons (Fsp3) is 0.292. The number of carbonyl (C=O) groups is 4. The lowest BCUT2D eigenvalue weighted by Gasteiger charge is -2.32. The Morgan fingerprint density at radius 1 is 1.00 bits per heavy atom. The first-order valence-electron chi connectivity index (χ1n) is 11.0. The van der Waals surface area contributed by atoms with Crippen LogP contribution in [0.4, 0.5) is 5.13 Å². The number of anilines is 1. The minimum Gasteiger partial charge on any atom is -0.336 e. The highest BCUT2D eigenvalue weighted by atomic mass is 32.1. The van der Waals surface area contributed by atoms with Crippen LogP contribution in [0.15, 0.2) is 42.5 Å². The molecule has 2 aromatic carbocycles. The lowest BCUT2D eigenvalue weighted by atomic mass is 10.1. The number of thiazole rings is 1. The number of amides is 4. The summed E-state index contributed by atoms with van der Waals surface area (Å²) in [5, 5.41) is 3.05. The molecule has 2 aliphatic heterocycles. The van der Waals surface area contributed by atoms with Gasteiger partial charge in [0.2, 0.25) is 5.91 Å². The second-order valence-corrected chi connectivity index (χ2v) is 9.52. The molecule has 5 rings (SSSR count). The summed E-state index contributed by atoms with van der Waals surface area (Å²) in [6, 6.07) is 10.8. The van der Waals surface area contributed by atoms with E-state index in [1.165, 1.54) is 18.3 Å². The van der Waals surface area contributed by atoms with Gasteiger partial charge in [0.15, 0.2) is 5.13 Å². The van der Waals surface area contributed by atoms with E-state index in [-0.39, 0.29) is 5.91 Å². The maximum atomic E-state index is 12.9. The normalized spacial score (nSPS) is 17.2. The van der Waals surface area contributed by atoms with E-state index in [1.807, 2.05) is 11.9 Å². The molecule has 10 heteroatoms. The maximum Gasteiger partial charge on any atom is 0.262 e. The van der Waals surface area contributed by atoms with Crippen molar-refractivity contribution in [1.29, 1.82) is 0 Å². The Hall–Kier alpha value is -3.63. The van der Waals surface area contributed by atoms with Crippen molar-refractivity contribution in [3.8, 4) is 0 Å². The number of piperazine rings is 1. The molecule has 0 aliphatic carbocycles. The van der Waals surface area contributed by atoms with Crippen LogP contribution in [0.2, 0.25) is 0 Å². The van der Waals surface area contributed by atoms with Gasteiger partial charge in [0.05, 0.1) is 21.3 Å². The standard InChI is InChI=1S/C24H23N5O4S/c1-14(29-22(32)16-5-3-4-6-17(16)23(29)33)20(30)26-24-25-18-8-7-15(13-19(18)34-24)21(31)28-11-9-27(2)10-12-28/h3-8,13-14H,9-12H2,1-2H3,(H,25,26,30). The van der Waals surface area contributed by atoms with Crippen molar-refractivity contribution < 1.29 is 19.2 Å². The van der Waals surface area contributed by atoms with Crippen LogP contribution in [0.25, 0.3) is 10.2 Å². The Morgan fingerprint density at radius 3 is 2.29 bits per heavy atom. The number of hydrogen-bond acceptors (Lipinski definition) is 7. The fourth-order valence-electron chi connectivity index (χ4n) is 4.19. The minimum atomic E-state index is -1.01. The van der Waals surface area contributed by atoms with E-state index < -0.39 is 23.8 Å². The molecule has 1 saturated heterocycles. The zero-order valence-electron chi connectivity index (χ0n) is 18.8. The van der Waals surface area contributed by atoms with Gasteiger partial charge in [-0.3, -0.25) is 24.1 Å². The molecule has 1 atom stereocenters. The summed E-state index contributed by atoms with van der Waals surface area (Å²) < 4.78 is 0.767. The molecule has 0 saturated carbocycles. The SMILES string of the molecule is CC(C(=O)Nc1nc2ccc(C(=O)N3CCN(C)CC3)cc2s1)N1C(=O)c2ccccc2C1=O. The molecule has 3 aromatic rings.